The van der Waals surface area contributed by atoms with E-state index in [2.05, 4.69) is 16.7 Å². The zero-order valence-corrected chi connectivity index (χ0v) is 18.5. The van der Waals surface area contributed by atoms with Gasteiger partial charge in [-0.15, -0.1) is 11.3 Å². The van der Waals surface area contributed by atoms with E-state index >= 15 is 0 Å². The molecule has 9 heteroatoms. The number of benzene rings is 1. The summed E-state index contributed by atoms with van der Waals surface area (Å²) in [5.74, 6) is -0.0862. The van der Waals surface area contributed by atoms with Gasteiger partial charge in [-0.2, -0.15) is 11.8 Å². The number of nitro benzene ring substituents is 1. The lowest BCUT2D eigenvalue weighted by atomic mass is 10.1. The van der Waals surface area contributed by atoms with Gasteiger partial charge in [0.1, 0.15) is 6.04 Å². The average molecular weight is 436 g/mol. The first-order chi connectivity index (χ1) is 13.7. The molecule has 2 rings (SSSR count). The van der Waals surface area contributed by atoms with E-state index in [1.807, 2.05) is 27.0 Å². The number of nitrogens with one attached hydrogen (secondary N) is 2. The van der Waals surface area contributed by atoms with Crippen molar-refractivity contribution in [3.05, 3.63) is 61.3 Å². The fourth-order valence-electron chi connectivity index (χ4n) is 2.98. The number of aryl methyl sites for hydroxylation is 2. The smallest absolute Gasteiger partial charge is 0.270 e. The van der Waals surface area contributed by atoms with Crippen molar-refractivity contribution < 1.29 is 14.5 Å². The molecule has 29 heavy (non-hydrogen) atoms. The lowest BCUT2D eigenvalue weighted by molar-refractivity contribution is -0.384. The Balaban J connectivity index is 2.12. The highest BCUT2D eigenvalue weighted by atomic mass is 32.2. The molecule has 0 radical (unpaired) electrons. The van der Waals surface area contributed by atoms with Gasteiger partial charge in [0.25, 0.3) is 11.6 Å². The maximum Gasteiger partial charge on any atom is 0.270 e. The first-order valence-electron chi connectivity index (χ1n) is 9.14. The summed E-state index contributed by atoms with van der Waals surface area (Å²) < 4.78 is 0. The molecular formula is C20H25N3O4S2. The predicted octanol–water partition coefficient (Wildman–Crippen LogP) is 4.00. The number of rotatable bonds is 9. The molecule has 0 spiro atoms. The number of thiophene rings is 1. The third-order valence-corrected chi connectivity index (χ3v) is 6.08. The summed E-state index contributed by atoms with van der Waals surface area (Å²) >= 11 is 3.26. The largest absolute Gasteiger partial charge is 0.348 e. The van der Waals surface area contributed by atoms with Crippen molar-refractivity contribution in [3.8, 4) is 0 Å². The standard InChI is InChI=1S/C20H25N3O4S2/c1-12-10-17(14(3)29-12)13(2)21-20(25)18(8-9-28-4)22-19(24)15-6-5-7-16(11-15)23(26)27/h5-7,10-11,13,18H,8-9H2,1-4H3,(H,21,25)(H,22,24)/t13-,18-/m1/s1. The third-order valence-electron chi connectivity index (χ3n) is 4.46. The van der Waals surface area contributed by atoms with Crippen molar-refractivity contribution in [2.24, 2.45) is 0 Å². The molecule has 2 amide bonds. The molecular weight excluding hydrogens is 410 g/mol. The Bertz CT molecular complexity index is 898. The second kappa shape index (κ2) is 10.4. The lowest BCUT2D eigenvalue weighted by Crippen LogP contribution is -2.47. The molecule has 0 aliphatic rings. The fourth-order valence-corrected chi connectivity index (χ4v) is 4.47. The number of thioether (sulfide) groups is 1. The first kappa shape index (κ1) is 22.9. The zero-order valence-electron chi connectivity index (χ0n) is 16.9. The first-order valence-corrected chi connectivity index (χ1v) is 11.4. The molecule has 0 saturated carbocycles. The summed E-state index contributed by atoms with van der Waals surface area (Å²) in [7, 11) is 0. The number of carbonyl (C=O) groups excluding carboxylic acids is 2. The van der Waals surface area contributed by atoms with E-state index in [9.17, 15) is 19.7 Å². The van der Waals surface area contributed by atoms with Gasteiger partial charge in [0.2, 0.25) is 5.91 Å². The van der Waals surface area contributed by atoms with Crippen LogP contribution in [0, 0.1) is 24.0 Å². The quantitative estimate of drug-likeness (QED) is 0.458. The van der Waals surface area contributed by atoms with Gasteiger partial charge in [0, 0.05) is 27.5 Å². The van der Waals surface area contributed by atoms with Crippen molar-refractivity contribution in [3.63, 3.8) is 0 Å². The number of nitro groups is 1. The molecule has 0 fully saturated rings. The van der Waals surface area contributed by atoms with Crippen molar-refractivity contribution in [2.75, 3.05) is 12.0 Å². The van der Waals surface area contributed by atoms with Crippen LogP contribution in [-0.4, -0.2) is 34.8 Å². The minimum Gasteiger partial charge on any atom is -0.348 e. The van der Waals surface area contributed by atoms with Crippen LogP contribution in [0.4, 0.5) is 5.69 Å². The van der Waals surface area contributed by atoms with E-state index in [0.717, 1.165) is 10.4 Å². The van der Waals surface area contributed by atoms with Crippen LogP contribution >= 0.6 is 23.1 Å². The molecule has 1 aromatic heterocycles. The van der Waals surface area contributed by atoms with Crippen LogP contribution in [0.2, 0.25) is 0 Å². The number of amides is 2. The molecule has 0 aliphatic carbocycles. The molecule has 2 aromatic rings. The number of hydrogen-bond acceptors (Lipinski definition) is 6. The average Bonchev–Trinajstić information content (AvgIpc) is 3.03. The zero-order chi connectivity index (χ0) is 21.6. The highest BCUT2D eigenvalue weighted by Gasteiger charge is 2.24. The van der Waals surface area contributed by atoms with E-state index in [4.69, 9.17) is 0 Å². The van der Waals surface area contributed by atoms with Crippen molar-refractivity contribution in [1.82, 2.24) is 10.6 Å². The van der Waals surface area contributed by atoms with Gasteiger partial charge in [-0.3, -0.25) is 19.7 Å². The number of non-ortho nitro benzene ring substituents is 1. The third kappa shape index (κ3) is 6.30. The van der Waals surface area contributed by atoms with E-state index < -0.39 is 16.9 Å². The molecule has 2 atom stereocenters. The molecule has 0 saturated heterocycles. The van der Waals surface area contributed by atoms with Crippen LogP contribution in [0.1, 0.15) is 45.1 Å². The topological polar surface area (TPSA) is 101 Å². The summed E-state index contributed by atoms with van der Waals surface area (Å²) in [5, 5.41) is 16.6. The Morgan fingerprint density at radius 1 is 1.24 bits per heavy atom. The van der Waals surface area contributed by atoms with Crippen molar-refractivity contribution in [2.45, 2.75) is 39.3 Å². The molecule has 2 N–H and O–H groups in total. The van der Waals surface area contributed by atoms with Gasteiger partial charge in [-0.1, -0.05) is 6.07 Å². The van der Waals surface area contributed by atoms with Crippen LogP contribution in [0.25, 0.3) is 0 Å². The summed E-state index contributed by atoms with van der Waals surface area (Å²) in [6.45, 7) is 5.96. The van der Waals surface area contributed by atoms with Crippen LogP contribution in [0.15, 0.2) is 30.3 Å². The monoisotopic (exact) mass is 435 g/mol. The predicted molar refractivity (Wildman–Crippen MR) is 118 cm³/mol. The molecule has 0 bridgehead atoms. The Morgan fingerprint density at radius 2 is 1.97 bits per heavy atom. The Kier molecular flexibility index (Phi) is 8.21. The fraction of sp³-hybridized carbons (Fsp3) is 0.400. The van der Waals surface area contributed by atoms with Crippen molar-refractivity contribution >= 4 is 40.6 Å². The molecule has 1 aromatic carbocycles. The minimum atomic E-state index is -0.725. The van der Waals surface area contributed by atoms with Gasteiger partial charge < -0.3 is 10.6 Å². The Morgan fingerprint density at radius 3 is 2.55 bits per heavy atom. The van der Waals surface area contributed by atoms with Crippen LogP contribution in [-0.2, 0) is 4.79 Å². The van der Waals surface area contributed by atoms with Gasteiger partial charge in [-0.25, -0.2) is 0 Å². The van der Waals surface area contributed by atoms with E-state index in [1.165, 1.54) is 29.1 Å². The molecule has 1 heterocycles. The van der Waals surface area contributed by atoms with Crippen LogP contribution < -0.4 is 10.6 Å². The van der Waals surface area contributed by atoms with Crippen LogP contribution in [0.3, 0.4) is 0 Å². The van der Waals surface area contributed by atoms with Gasteiger partial charge >= 0.3 is 0 Å². The number of nitrogens with zero attached hydrogens (tertiary/aromatic N) is 1. The second-order valence-corrected chi connectivity index (χ2v) is 9.16. The maximum atomic E-state index is 12.9. The SMILES string of the molecule is CSCC[C@@H](NC(=O)c1cccc([N+](=O)[O-])c1)C(=O)N[C@H](C)c1cc(C)sc1C. The number of hydrogen-bond donors (Lipinski definition) is 2. The summed E-state index contributed by atoms with van der Waals surface area (Å²) in [4.78, 5) is 38.2. The summed E-state index contributed by atoms with van der Waals surface area (Å²) in [6.07, 6.45) is 2.39. The van der Waals surface area contributed by atoms with E-state index in [0.29, 0.717) is 12.2 Å². The summed E-state index contributed by atoms with van der Waals surface area (Å²) in [5.41, 5.74) is 1.05. The number of carbonyl (C=O) groups is 2. The Labute approximate surface area is 178 Å². The van der Waals surface area contributed by atoms with E-state index in [1.54, 1.807) is 23.1 Å². The van der Waals surface area contributed by atoms with Gasteiger partial charge in [0.15, 0.2) is 0 Å². The normalized spacial score (nSPS) is 12.8. The molecule has 0 aliphatic heterocycles. The molecule has 0 unspecified atom stereocenters. The molecule has 7 nitrogen and oxygen atoms in total. The van der Waals surface area contributed by atoms with Crippen molar-refractivity contribution in [1.29, 1.82) is 0 Å². The van der Waals surface area contributed by atoms with Gasteiger partial charge in [0.05, 0.1) is 11.0 Å². The van der Waals surface area contributed by atoms with Crippen LogP contribution in [0.5, 0.6) is 0 Å². The van der Waals surface area contributed by atoms with E-state index in [-0.39, 0.29) is 23.2 Å². The highest BCUT2D eigenvalue weighted by molar-refractivity contribution is 7.98. The Hall–Kier alpha value is -2.39. The van der Waals surface area contributed by atoms with Gasteiger partial charge in [-0.05, 0) is 56.9 Å². The summed E-state index contributed by atoms with van der Waals surface area (Å²) in [6, 6.07) is 6.62. The maximum absolute atomic E-state index is 12.9. The minimum absolute atomic E-state index is 0.151. The highest BCUT2D eigenvalue weighted by Crippen LogP contribution is 2.26. The second-order valence-electron chi connectivity index (χ2n) is 6.71. The molecule has 156 valence electrons. The lowest BCUT2D eigenvalue weighted by Gasteiger charge is -2.21.